The summed E-state index contributed by atoms with van der Waals surface area (Å²) in [5.41, 5.74) is -2.47. The molecule has 0 amide bonds. The van der Waals surface area contributed by atoms with Gasteiger partial charge < -0.3 is 13.1 Å². The van der Waals surface area contributed by atoms with Crippen LogP contribution in [0.1, 0.15) is 43.4 Å². The first kappa shape index (κ1) is 17.9. The molecule has 2 N–H and O–H groups in total. The van der Waals surface area contributed by atoms with Crippen molar-refractivity contribution in [2.24, 2.45) is 10.8 Å². The molecule has 0 aliphatic heterocycles. The van der Waals surface area contributed by atoms with Crippen molar-refractivity contribution < 1.29 is 22.7 Å². The van der Waals surface area contributed by atoms with E-state index in [1.807, 2.05) is 0 Å². The molecule has 0 bridgehead atoms. The fourth-order valence-electron chi connectivity index (χ4n) is 1.70. The van der Waals surface area contributed by atoms with Crippen molar-refractivity contribution in [1.82, 2.24) is 0 Å². The molecule has 0 aliphatic rings. The van der Waals surface area contributed by atoms with E-state index in [9.17, 15) is 9.59 Å². The van der Waals surface area contributed by atoms with Crippen LogP contribution in [0.4, 0.5) is 0 Å². The molecule has 15 heavy (non-hydrogen) atoms. The zero-order valence-corrected chi connectivity index (χ0v) is 14.3. The first-order valence-corrected chi connectivity index (χ1v) is 4.67. The third kappa shape index (κ3) is 3.49. The molecule has 5 heteroatoms. The van der Waals surface area contributed by atoms with Gasteiger partial charge in [-0.1, -0.05) is 34.1 Å². The number of aliphatic carboxylic acids is 2. The van der Waals surface area contributed by atoms with E-state index >= 15 is 0 Å². The number of carboxylic acids is 2. The SMILES string of the molecule is CCCC(C(=O)O)(C(=O)O)C(C)(C)C.[Ba+2].[H-].[H-]. The molecule has 0 heterocycles. The van der Waals surface area contributed by atoms with Crippen molar-refractivity contribution in [3.05, 3.63) is 0 Å². The number of carboxylic acid groups (broad SMARTS) is 2. The van der Waals surface area contributed by atoms with Gasteiger partial charge in [-0.25, -0.2) is 0 Å². The molecule has 86 valence electrons. The van der Waals surface area contributed by atoms with Gasteiger partial charge in [0.1, 0.15) is 0 Å². The van der Waals surface area contributed by atoms with Gasteiger partial charge in [-0.15, -0.1) is 0 Å². The van der Waals surface area contributed by atoms with Crippen molar-refractivity contribution in [3.63, 3.8) is 0 Å². The van der Waals surface area contributed by atoms with Gasteiger partial charge in [0.05, 0.1) is 0 Å². The molecule has 4 nitrogen and oxygen atoms in total. The second kappa shape index (κ2) is 6.30. The molecule has 0 aromatic rings. The second-order valence-corrected chi connectivity index (χ2v) is 4.52. The Bertz CT molecular complexity index is 237. The number of hydrogen-bond donors (Lipinski definition) is 2. The molecular formula is C10H20BaO4. The Hall–Kier alpha value is 0.511. The van der Waals surface area contributed by atoms with E-state index in [-0.39, 0.29) is 58.2 Å². The van der Waals surface area contributed by atoms with E-state index in [1.165, 1.54) is 0 Å². The van der Waals surface area contributed by atoms with Crippen molar-refractivity contribution in [2.45, 2.75) is 40.5 Å². The standard InChI is InChI=1S/C10H18O4.Ba.2H/c1-5-6-10(7(11)12,8(13)14)9(2,3)4;;;/h5-6H2,1-4H3,(H,11,12)(H,13,14);;;/q;+2;2*-1. The summed E-state index contributed by atoms with van der Waals surface area (Å²) in [4.78, 5) is 22.2. The van der Waals surface area contributed by atoms with Crippen LogP contribution in [0.25, 0.3) is 0 Å². The van der Waals surface area contributed by atoms with Crippen LogP contribution in [0.15, 0.2) is 0 Å². The van der Waals surface area contributed by atoms with E-state index in [0.717, 1.165) is 0 Å². The summed E-state index contributed by atoms with van der Waals surface area (Å²) in [7, 11) is 0. The monoisotopic (exact) mass is 342 g/mol. The van der Waals surface area contributed by atoms with Gasteiger partial charge >= 0.3 is 60.8 Å². The van der Waals surface area contributed by atoms with Crippen molar-refractivity contribution in [3.8, 4) is 0 Å². The Morgan fingerprint density at radius 1 is 1.13 bits per heavy atom. The Morgan fingerprint density at radius 3 is 1.53 bits per heavy atom. The predicted octanol–water partition coefficient (Wildman–Crippen LogP) is 1.83. The van der Waals surface area contributed by atoms with Crippen LogP contribution in [0.2, 0.25) is 0 Å². The number of hydrogen-bond acceptors (Lipinski definition) is 2. The fourth-order valence-corrected chi connectivity index (χ4v) is 1.70. The van der Waals surface area contributed by atoms with E-state index in [1.54, 1.807) is 27.7 Å². The molecule has 0 aromatic heterocycles. The minimum atomic E-state index is -1.68. The molecule has 0 atom stereocenters. The molecule has 0 saturated carbocycles. The Kier molecular flexibility index (Phi) is 7.51. The second-order valence-electron chi connectivity index (χ2n) is 4.52. The largest absolute Gasteiger partial charge is 2.00 e. The molecular weight excluding hydrogens is 321 g/mol. The van der Waals surface area contributed by atoms with Crippen LogP contribution in [0.5, 0.6) is 0 Å². The summed E-state index contributed by atoms with van der Waals surface area (Å²) in [6, 6.07) is 0. The van der Waals surface area contributed by atoms with Gasteiger partial charge in [-0.05, 0) is 11.8 Å². The van der Waals surface area contributed by atoms with Crippen LogP contribution in [0, 0.1) is 10.8 Å². The van der Waals surface area contributed by atoms with Crippen molar-refractivity contribution in [1.29, 1.82) is 0 Å². The van der Waals surface area contributed by atoms with Crippen molar-refractivity contribution in [2.75, 3.05) is 0 Å². The van der Waals surface area contributed by atoms with Crippen LogP contribution in [0.3, 0.4) is 0 Å². The maximum atomic E-state index is 11.1. The first-order chi connectivity index (χ1) is 6.20. The molecule has 0 unspecified atom stereocenters. The van der Waals surface area contributed by atoms with Gasteiger partial charge in [0.25, 0.3) is 0 Å². The van der Waals surface area contributed by atoms with Crippen LogP contribution < -0.4 is 0 Å². The molecule has 0 rings (SSSR count). The predicted molar refractivity (Wildman–Crippen MR) is 60.0 cm³/mol. The molecule has 0 saturated heterocycles. The van der Waals surface area contributed by atoms with Crippen LogP contribution in [-0.2, 0) is 9.59 Å². The average Bonchev–Trinajstić information content (AvgIpc) is 1.95. The molecule has 0 fully saturated rings. The summed E-state index contributed by atoms with van der Waals surface area (Å²) >= 11 is 0. The summed E-state index contributed by atoms with van der Waals surface area (Å²) in [6.45, 7) is 6.72. The molecule has 0 radical (unpaired) electrons. The third-order valence-electron chi connectivity index (χ3n) is 2.64. The Balaban J connectivity index is -0.000000282. The summed E-state index contributed by atoms with van der Waals surface area (Å²) in [5.74, 6) is -2.50. The molecule has 0 aliphatic carbocycles. The summed E-state index contributed by atoms with van der Waals surface area (Å²) in [6.07, 6.45) is 0.692. The van der Waals surface area contributed by atoms with E-state index < -0.39 is 22.8 Å². The third-order valence-corrected chi connectivity index (χ3v) is 2.64. The fraction of sp³-hybridized carbons (Fsp3) is 0.800. The zero-order valence-electron chi connectivity index (χ0n) is 11.8. The quantitative estimate of drug-likeness (QED) is 0.604. The normalized spacial score (nSPS) is 11.7. The van der Waals surface area contributed by atoms with Gasteiger partial charge in [-0.2, -0.15) is 0 Å². The smallest absolute Gasteiger partial charge is 1.00 e. The molecule has 0 aromatic carbocycles. The van der Waals surface area contributed by atoms with E-state index in [2.05, 4.69) is 0 Å². The maximum absolute atomic E-state index is 11.1. The van der Waals surface area contributed by atoms with Crippen molar-refractivity contribution >= 4 is 60.8 Å². The minimum Gasteiger partial charge on any atom is -1.00 e. The molecule has 0 spiro atoms. The van der Waals surface area contributed by atoms with Gasteiger partial charge in [-0.3, -0.25) is 9.59 Å². The van der Waals surface area contributed by atoms with Gasteiger partial charge in [0.2, 0.25) is 0 Å². The van der Waals surface area contributed by atoms with Gasteiger partial charge in [0, 0.05) is 0 Å². The zero-order chi connectivity index (χ0) is 11.6. The maximum Gasteiger partial charge on any atom is 2.00 e. The van der Waals surface area contributed by atoms with Gasteiger partial charge in [0.15, 0.2) is 5.41 Å². The summed E-state index contributed by atoms with van der Waals surface area (Å²) < 4.78 is 0. The Morgan fingerprint density at radius 2 is 1.47 bits per heavy atom. The van der Waals surface area contributed by atoms with E-state index in [0.29, 0.717) is 6.42 Å². The number of rotatable bonds is 4. The van der Waals surface area contributed by atoms with Crippen LogP contribution in [-0.4, -0.2) is 71.0 Å². The average molecular weight is 342 g/mol. The first-order valence-electron chi connectivity index (χ1n) is 4.67. The summed E-state index contributed by atoms with van der Waals surface area (Å²) in [5, 5.41) is 18.2. The topological polar surface area (TPSA) is 74.6 Å². The number of carbonyl (C=O) groups is 2. The van der Waals surface area contributed by atoms with E-state index in [4.69, 9.17) is 10.2 Å². The van der Waals surface area contributed by atoms with Crippen LogP contribution >= 0.6 is 0 Å². The Labute approximate surface area is 133 Å². The minimum absolute atomic E-state index is 0.